The van der Waals surface area contributed by atoms with E-state index in [0.29, 0.717) is 35.8 Å². The van der Waals surface area contributed by atoms with Crippen LogP contribution in [-0.2, 0) is 9.59 Å². The summed E-state index contributed by atoms with van der Waals surface area (Å²) < 4.78 is 13.5. The summed E-state index contributed by atoms with van der Waals surface area (Å²) in [5.74, 6) is 0.212. The Labute approximate surface area is 199 Å². The van der Waals surface area contributed by atoms with Gasteiger partial charge in [-0.1, -0.05) is 69.8 Å². The van der Waals surface area contributed by atoms with Crippen LogP contribution in [0, 0.1) is 17.7 Å². The summed E-state index contributed by atoms with van der Waals surface area (Å²) in [7, 11) is 0. The first-order chi connectivity index (χ1) is 15.7. The number of halogens is 1. The van der Waals surface area contributed by atoms with Crippen LogP contribution >= 0.6 is 11.8 Å². The maximum absolute atomic E-state index is 13.5. The van der Waals surface area contributed by atoms with Gasteiger partial charge in [0.25, 0.3) is 5.91 Å². The molecule has 0 saturated carbocycles. The molecule has 0 spiro atoms. The molecule has 0 atom stereocenters. The van der Waals surface area contributed by atoms with Gasteiger partial charge in [0.1, 0.15) is 11.5 Å². The van der Waals surface area contributed by atoms with Gasteiger partial charge in [0.15, 0.2) is 5.17 Å². The van der Waals surface area contributed by atoms with Crippen molar-refractivity contribution in [3.05, 3.63) is 71.7 Å². The van der Waals surface area contributed by atoms with Crippen LogP contribution in [0.5, 0.6) is 0 Å². The Kier molecular flexibility index (Phi) is 8.44. The van der Waals surface area contributed by atoms with Crippen molar-refractivity contribution < 1.29 is 14.0 Å². The highest BCUT2D eigenvalue weighted by molar-refractivity contribution is 8.14. The molecule has 0 radical (unpaired) electrons. The zero-order chi connectivity index (χ0) is 24.0. The number of anilines is 1. The third-order valence-corrected chi connectivity index (χ3v) is 5.79. The van der Waals surface area contributed by atoms with Crippen LogP contribution in [0.1, 0.15) is 33.3 Å². The van der Waals surface area contributed by atoms with Gasteiger partial charge < -0.3 is 4.90 Å². The molecule has 1 aliphatic rings. The van der Waals surface area contributed by atoms with E-state index in [-0.39, 0.29) is 29.1 Å². The molecule has 0 aliphatic carbocycles. The molecule has 0 fully saturated rings. The first-order valence-electron chi connectivity index (χ1n) is 11.1. The van der Waals surface area contributed by atoms with E-state index in [4.69, 9.17) is 0 Å². The van der Waals surface area contributed by atoms with Crippen LogP contribution in [0.15, 0.2) is 65.3 Å². The normalized spacial score (nSPS) is 15.0. The van der Waals surface area contributed by atoms with Crippen molar-refractivity contribution in [3.8, 4) is 0 Å². The summed E-state index contributed by atoms with van der Waals surface area (Å²) in [6.45, 7) is 9.72. The van der Waals surface area contributed by atoms with Crippen LogP contribution in [0.4, 0.5) is 10.1 Å². The molecule has 7 heteroatoms. The Morgan fingerprint density at radius 2 is 1.64 bits per heavy atom. The molecule has 0 N–H and O–H groups in total. The van der Waals surface area contributed by atoms with Crippen molar-refractivity contribution in [2.45, 2.75) is 27.7 Å². The predicted octanol–water partition coefficient (Wildman–Crippen LogP) is 5.44. The van der Waals surface area contributed by atoms with Crippen molar-refractivity contribution in [2.24, 2.45) is 16.8 Å². The molecule has 3 rings (SSSR count). The summed E-state index contributed by atoms with van der Waals surface area (Å²) in [5.41, 5.74) is 1.64. The van der Waals surface area contributed by atoms with E-state index >= 15 is 0 Å². The Hall–Kier alpha value is -2.93. The van der Waals surface area contributed by atoms with Crippen LogP contribution in [-0.4, -0.2) is 40.7 Å². The number of aliphatic imine (C=N–C) groups is 1. The fraction of sp³-hybridized carbons (Fsp3) is 0.346. The van der Waals surface area contributed by atoms with E-state index in [2.05, 4.69) is 32.7 Å². The zero-order valence-electron chi connectivity index (χ0n) is 19.5. The second kappa shape index (κ2) is 11.3. The van der Waals surface area contributed by atoms with Crippen LogP contribution in [0.2, 0.25) is 0 Å². The maximum Gasteiger partial charge on any atom is 0.283 e. The van der Waals surface area contributed by atoms with E-state index < -0.39 is 0 Å². The van der Waals surface area contributed by atoms with Crippen molar-refractivity contribution in [1.82, 2.24) is 4.90 Å². The van der Waals surface area contributed by atoms with E-state index in [0.717, 1.165) is 5.56 Å². The number of rotatable bonds is 8. The van der Waals surface area contributed by atoms with Gasteiger partial charge >= 0.3 is 0 Å². The highest BCUT2D eigenvalue weighted by Gasteiger charge is 2.33. The van der Waals surface area contributed by atoms with E-state index in [9.17, 15) is 14.0 Å². The minimum atomic E-state index is -0.384. The standard InChI is InChI=1S/C26H30FN3O2S/c1-18(2)15-29(16-19(3)4)24(31)17-33-26-28-23(14-20-8-6-5-7-9-20)25(32)30(26)22-12-10-21(27)11-13-22/h5-14,18-19H,15-17H2,1-4H3. The lowest BCUT2D eigenvalue weighted by Crippen LogP contribution is -2.39. The van der Waals surface area contributed by atoms with Gasteiger partial charge in [-0.2, -0.15) is 0 Å². The average molecular weight is 468 g/mol. The molecule has 33 heavy (non-hydrogen) atoms. The van der Waals surface area contributed by atoms with E-state index in [1.54, 1.807) is 18.2 Å². The number of hydrogen-bond acceptors (Lipinski definition) is 4. The van der Waals surface area contributed by atoms with Crippen LogP contribution in [0.25, 0.3) is 6.08 Å². The van der Waals surface area contributed by atoms with Crippen molar-refractivity contribution in [1.29, 1.82) is 0 Å². The summed E-state index contributed by atoms with van der Waals surface area (Å²) >= 11 is 1.23. The molecule has 2 aromatic rings. The Morgan fingerprint density at radius 1 is 1.03 bits per heavy atom. The minimum absolute atomic E-state index is 0.0112. The number of thioether (sulfide) groups is 1. The third-order valence-electron chi connectivity index (χ3n) is 4.87. The summed E-state index contributed by atoms with van der Waals surface area (Å²) in [6.07, 6.45) is 1.72. The third kappa shape index (κ3) is 6.78. The summed E-state index contributed by atoms with van der Waals surface area (Å²) in [6, 6.07) is 15.2. The number of benzene rings is 2. The van der Waals surface area contributed by atoms with Gasteiger partial charge in [-0.05, 0) is 47.7 Å². The number of amides is 2. The first kappa shape index (κ1) is 24.7. The van der Waals surface area contributed by atoms with Gasteiger partial charge in [-0.25, -0.2) is 9.38 Å². The highest BCUT2D eigenvalue weighted by atomic mass is 32.2. The Balaban J connectivity index is 1.85. The van der Waals surface area contributed by atoms with Crippen molar-refractivity contribution in [2.75, 3.05) is 23.7 Å². The number of amidine groups is 1. The largest absolute Gasteiger partial charge is 0.341 e. The zero-order valence-corrected chi connectivity index (χ0v) is 20.3. The lowest BCUT2D eigenvalue weighted by molar-refractivity contribution is -0.129. The topological polar surface area (TPSA) is 53.0 Å². The molecule has 5 nitrogen and oxygen atoms in total. The maximum atomic E-state index is 13.5. The molecule has 0 aromatic heterocycles. The molecule has 0 unspecified atom stereocenters. The smallest absolute Gasteiger partial charge is 0.283 e. The SMILES string of the molecule is CC(C)CN(CC(C)C)C(=O)CSC1=NC(=Cc2ccccc2)C(=O)N1c1ccc(F)cc1. The second-order valence-electron chi connectivity index (χ2n) is 8.83. The minimum Gasteiger partial charge on any atom is -0.341 e. The van der Waals surface area contributed by atoms with Crippen LogP contribution in [0.3, 0.4) is 0 Å². The molecule has 2 amide bonds. The Morgan fingerprint density at radius 3 is 2.21 bits per heavy atom. The average Bonchev–Trinajstić information content (AvgIpc) is 3.07. The van der Waals surface area contributed by atoms with Gasteiger partial charge in [0.2, 0.25) is 5.91 Å². The Bertz CT molecular complexity index is 1020. The van der Waals surface area contributed by atoms with Crippen molar-refractivity contribution in [3.63, 3.8) is 0 Å². The van der Waals surface area contributed by atoms with Gasteiger partial charge in [0.05, 0.1) is 11.4 Å². The van der Waals surface area contributed by atoms with Crippen LogP contribution < -0.4 is 4.90 Å². The summed E-state index contributed by atoms with van der Waals surface area (Å²) in [5, 5.41) is 0.413. The first-order valence-corrected chi connectivity index (χ1v) is 12.1. The second-order valence-corrected chi connectivity index (χ2v) is 9.77. The fourth-order valence-electron chi connectivity index (χ4n) is 3.50. The number of carbonyl (C=O) groups is 2. The van der Waals surface area contributed by atoms with E-state index in [1.165, 1.54) is 28.8 Å². The van der Waals surface area contributed by atoms with Gasteiger partial charge in [0, 0.05) is 13.1 Å². The molecule has 0 saturated heterocycles. The van der Waals surface area contributed by atoms with E-state index in [1.807, 2.05) is 35.2 Å². The highest BCUT2D eigenvalue weighted by Crippen LogP contribution is 2.29. The molecule has 1 aliphatic heterocycles. The number of hydrogen-bond donors (Lipinski definition) is 0. The molecule has 2 aromatic carbocycles. The monoisotopic (exact) mass is 467 g/mol. The molecule has 1 heterocycles. The summed E-state index contributed by atoms with van der Waals surface area (Å²) in [4.78, 5) is 34.1. The fourth-order valence-corrected chi connectivity index (χ4v) is 4.41. The van der Waals surface area contributed by atoms with Gasteiger partial charge in [-0.15, -0.1) is 0 Å². The lowest BCUT2D eigenvalue weighted by atomic mass is 10.1. The number of carbonyl (C=O) groups excluding carboxylic acids is 2. The van der Waals surface area contributed by atoms with Gasteiger partial charge in [-0.3, -0.25) is 14.5 Å². The quantitative estimate of drug-likeness (QED) is 0.486. The van der Waals surface area contributed by atoms with Crippen molar-refractivity contribution >= 4 is 40.5 Å². The predicted molar refractivity (Wildman–Crippen MR) is 134 cm³/mol. The molecular formula is C26H30FN3O2S. The number of nitrogens with zero attached hydrogens (tertiary/aromatic N) is 3. The lowest BCUT2D eigenvalue weighted by Gasteiger charge is -2.26. The molecule has 0 bridgehead atoms. The molecule has 174 valence electrons. The molecular weight excluding hydrogens is 437 g/mol.